The fourth-order valence-electron chi connectivity index (χ4n) is 1.66. The van der Waals surface area contributed by atoms with Gasteiger partial charge in [-0.15, -0.1) is 0 Å². The van der Waals surface area contributed by atoms with E-state index in [0.29, 0.717) is 11.3 Å². The van der Waals surface area contributed by atoms with Gasteiger partial charge in [-0.1, -0.05) is 0 Å². The maximum atomic E-state index is 11.6. The van der Waals surface area contributed by atoms with Crippen molar-refractivity contribution >= 4 is 23.2 Å². The minimum atomic E-state index is -0.222. The van der Waals surface area contributed by atoms with Gasteiger partial charge in [0, 0.05) is 18.6 Å². The van der Waals surface area contributed by atoms with Crippen molar-refractivity contribution in [2.24, 2.45) is 0 Å². The second-order valence-corrected chi connectivity index (χ2v) is 3.30. The lowest BCUT2D eigenvalue weighted by Crippen LogP contribution is -2.22. The van der Waals surface area contributed by atoms with E-state index in [9.17, 15) is 9.59 Å². The highest BCUT2D eigenvalue weighted by Gasteiger charge is 2.14. The lowest BCUT2D eigenvalue weighted by Gasteiger charge is -2.04. The summed E-state index contributed by atoms with van der Waals surface area (Å²) in [5, 5.41) is 3.39. The fraction of sp³-hybridized carbons (Fsp3) is 0.182. The number of amides is 1. The van der Waals surface area contributed by atoms with E-state index in [1.807, 2.05) is 6.07 Å². The highest BCUT2D eigenvalue weighted by molar-refractivity contribution is 5.98. The van der Waals surface area contributed by atoms with E-state index in [0.717, 1.165) is 11.7 Å². The molecule has 0 atom stereocenters. The average molecular weight is 217 g/mol. The molecule has 0 saturated heterocycles. The minimum Gasteiger partial charge on any atom is -0.354 e. The van der Waals surface area contributed by atoms with Crippen LogP contribution in [-0.2, 0) is 11.3 Å². The number of nitrogens with zero attached hydrogens (tertiary/aromatic N) is 2. The van der Waals surface area contributed by atoms with Gasteiger partial charge >= 0.3 is 0 Å². The lowest BCUT2D eigenvalue weighted by atomic mass is 10.3. The molecular weight excluding hydrogens is 206 g/mol. The van der Waals surface area contributed by atoms with Crippen LogP contribution in [0, 0.1) is 0 Å². The second-order valence-electron chi connectivity index (χ2n) is 3.30. The van der Waals surface area contributed by atoms with Crippen molar-refractivity contribution in [3.8, 4) is 0 Å². The van der Waals surface area contributed by atoms with Crippen molar-refractivity contribution in [2.45, 2.75) is 6.54 Å². The Hall–Kier alpha value is -2.17. The maximum Gasteiger partial charge on any atom is 0.267 e. The highest BCUT2D eigenvalue weighted by atomic mass is 16.2. The Morgan fingerprint density at radius 3 is 3.12 bits per heavy atom. The first kappa shape index (κ1) is 10.4. The molecule has 0 aliphatic carbocycles. The zero-order valence-corrected chi connectivity index (χ0v) is 8.80. The molecule has 0 aliphatic heterocycles. The Morgan fingerprint density at radius 2 is 2.44 bits per heavy atom. The molecule has 82 valence electrons. The SMILES string of the molecule is CNC(=O)c1cc2cccnc2n1CC=O. The molecule has 0 saturated carbocycles. The molecule has 16 heavy (non-hydrogen) atoms. The first-order valence-electron chi connectivity index (χ1n) is 4.88. The Balaban J connectivity index is 2.67. The van der Waals surface area contributed by atoms with E-state index in [-0.39, 0.29) is 12.5 Å². The van der Waals surface area contributed by atoms with Gasteiger partial charge in [0.15, 0.2) is 0 Å². The summed E-state index contributed by atoms with van der Waals surface area (Å²) in [6.45, 7) is 0.128. The minimum absolute atomic E-state index is 0.128. The van der Waals surface area contributed by atoms with Gasteiger partial charge in [0.1, 0.15) is 17.6 Å². The molecule has 2 heterocycles. The fourth-order valence-corrected chi connectivity index (χ4v) is 1.66. The van der Waals surface area contributed by atoms with Gasteiger partial charge in [-0.25, -0.2) is 4.98 Å². The molecule has 0 fully saturated rings. The molecule has 0 aromatic carbocycles. The summed E-state index contributed by atoms with van der Waals surface area (Å²) < 4.78 is 1.60. The molecule has 1 amide bonds. The molecule has 0 radical (unpaired) electrons. The number of fused-ring (bicyclic) bond motifs is 1. The van der Waals surface area contributed by atoms with Gasteiger partial charge in [0.2, 0.25) is 0 Å². The van der Waals surface area contributed by atoms with Crippen LogP contribution in [0.2, 0.25) is 0 Å². The average Bonchev–Trinajstić information content (AvgIpc) is 2.68. The molecule has 2 aromatic rings. The van der Waals surface area contributed by atoms with E-state index >= 15 is 0 Å². The molecule has 2 aromatic heterocycles. The van der Waals surface area contributed by atoms with Crippen molar-refractivity contribution in [2.75, 3.05) is 7.05 Å². The van der Waals surface area contributed by atoms with Crippen molar-refractivity contribution < 1.29 is 9.59 Å². The molecule has 1 N–H and O–H groups in total. The summed E-state index contributed by atoms with van der Waals surface area (Å²) in [6, 6.07) is 5.38. The number of aromatic nitrogens is 2. The van der Waals surface area contributed by atoms with Gasteiger partial charge in [0.05, 0.1) is 6.54 Å². The Kier molecular flexibility index (Phi) is 2.68. The standard InChI is InChI=1S/C11H11N3O2/c1-12-11(16)9-7-8-3-2-4-13-10(8)14(9)5-6-15/h2-4,6-7H,5H2,1H3,(H,12,16). The normalized spacial score (nSPS) is 10.3. The van der Waals surface area contributed by atoms with Crippen LogP contribution in [0.1, 0.15) is 10.5 Å². The van der Waals surface area contributed by atoms with Crippen LogP contribution in [-0.4, -0.2) is 28.8 Å². The first-order valence-corrected chi connectivity index (χ1v) is 4.88. The highest BCUT2D eigenvalue weighted by Crippen LogP contribution is 2.17. The number of carbonyl (C=O) groups is 2. The summed E-state index contributed by atoms with van der Waals surface area (Å²) in [6.07, 6.45) is 2.39. The molecular formula is C11H11N3O2. The van der Waals surface area contributed by atoms with Gasteiger partial charge in [-0.05, 0) is 18.2 Å². The van der Waals surface area contributed by atoms with E-state index in [4.69, 9.17) is 0 Å². The molecule has 0 spiro atoms. The largest absolute Gasteiger partial charge is 0.354 e. The number of aldehydes is 1. The Bertz CT molecular complexity index is 545. The van der Waals surface area contributed by atoms with Crippen LogP contribution in [0.3, 0.4) is 0 Å². The molecule has 0 unspecified atom stereocenters. The number of carbonyl (C=O) groups excluding carboxylic acids is 2. The van der Waals surface area contributed by atoms with Crippen LogP contribution < -0.4 is 5.32 Å². The quantitative estimate of drug-likeness (QED) is 0.765. The van der Waals surface area contributed by atoms with Gasteiger partial charge in [0.25, 0.3) is 5.91 Å². The van der Waals surface area contributed by atoms with Gasteiger partial charge < -0.3 is 14.7 Å². The predicted molar refractivity (Wildman–Crippen MR) is 59.2 cm³/mol. The molecule has 0 bridgehead atoms. The molecule has 5 heteroatoms. The number of hydrogen-bond acceptors (Lipinski definition) is 3. The Morgan fingerprint density at radius 1 is 1.62 bits per heavy atom. The van der Waals surface area contributed by atoms with E-state index in [1.54, 1.807) is 29.9 Å². The number of rotatable bonds is 3. The third kappa shape index (κ3) is 1.56. The number of pyridine rings is 1. The molecule has 5 nitrogen and oxygen atoms in total. The number of nitrogens with one attached hydrogen (secondary N) is 1. The third-order valence-electron chi connectivity index (χ3n) is 2.37. The van der Waals surface area contributed by atoms with Gasteiger partial charge in [-0.3, -0.25) is 4.79 Å². The summed E-state index contributed by atoms with van der Waals surface area (Å²) in [7, 11) is 1.55. The molecule has 0 aliphatic rings. The van der Waals surface area contributed by atoms with Crippen molar-refractivity contribution in [3.63, 3.8) is 0 Å². The predicted octanol–water partition coefficient (Wildman–Crippen LogP) is 0.595. The second kappa shape index (κ2) is 4.14. The topological polar surface area (TPSA) is 64.0 Å². The van der Waals surface area contributed by atoms with Crippen LogP contribution in [0.25, 0.3) is 11.0 Å². The monoisotopic (exact) mass is 217 g/mol. The van der Waals surface area contributed by atoms with E-state index in [1.165, 1.54) is 0 Å². The van der Waals surface area contributed by atoms with Crippen molar-refractivity contribution in [3.05, 3.63) is 30.1 Å². The van der Waals surface area contributed by atoms with Crippen LogP contribution in [0.4, 0.5) is 0 Å². The summed E-state index contributed by atoms with van der Waals surface area (Å²) in [5.74, 6) is -0.222. The summed E-state index contributed by atoms with van der Waals surface area (Å²) >= 11 is 0. The maximum absolute atomic E-state index is 11.6. The van der Waals surface area contributed by atoms with Crippen LogP contribution >= 0.6 is 0 Å². The number of hydrogen-bond donors (Lipinski definition) is 1. The lowest BCUT2D eigenvalue weighted by molar-refractivity contribution is -0.108. The van der Waals surface area contributed by atoms with Crippen molar-refractivity contribution in [1.82, 2.24) is 14.9 Å². The zero-order valence-electron chi connectivity index (χ0n) is 8.80. The zero-order chi connectivity index (χ0) is 11.5. The first-order chi connectivity index (χ1) is 7.77. The summed E-state index contributed by atoms with van der Waals surface area (Å²) in [5.41, 5.74) is 1.09. The third-order valence-corrected chi connectivity index (χ3v) is 2.37. The van der Waals surface area contributed by atoms with Crippen LogP contribution in [0.15, 0.2) is 24.4 Å². The smallest absolute Gasteiger partial charge is 0.267 e. The van der Waals surface area contributed by atoms with E-state index < -0.39 is 0 Å². The van der Waals surface area contributed by atoms with Crippen molar-refractivity contribution in [1.29, 1.82) is 0 Å². The van der Waals surface area contributed by atoms with E-state index in [2.05, 4.69) is 10.3 Å². The Labute approximate surface area is 92.1 Å². The molecule has 2 rings (SSSR count). The van der Waals surface area contributed by atoms with Crippen LogP contribution in [0.5, 0.6) is 0 Å². The van der Waals surface area contributed by atoms with Gasteiger partial charge in [-0.2, -0.15) is 0 Å². The summed E-state index contributed by atoms with van der Waals surface area (Å²) in [4.78, 5) is 26.4.